The average molecular weight is 287 g/mol. The van der Waals surface area contributed by atoms with E-state index in [-0.39, 0.29) is 6.17 Å². The highest BCUT2D eigenvalue weighted by atomic mass is 15.5. The summed E-state index contributed by atoms with van der Waals surface area (Å²) in [6, 6.07) is 12.6. The largest absolute Gasteiger partial charge is 0.315 e. The minimum atomic E-state index is 0.214. The normalized spacial score (nSPS) is 18.1. The Balaban J connectivity index is 1.73. The molecule has 0 amide bonds. The van der Waals surface area contributed by atoms with E-state index in [0.29, 0.717) is 0 Å². The van der Waals surface area contributed by atoms with Crippen LogP contribution < -0.4 is 9.80 Å². The van der Waals surface area contributed by atoms with Crippen LogP contribution in [0.4, 0.5) is 22.9 Å². The Bertz CT molecular complexity index is 833. The van der Waals surface area contributed by atoms with Gasteiger partial charge in [0.05, 0.1) is 6.20 Å². The van der Waals surface area contributed by atoms with E-state index in [1.165, 1.54) is 11.3 Å². The van der Waals surface area contributed by atoms with E-state index >= 15 is 0 Å². The van der Waals surface area contributed by atoms with Gasteiger partial charge in [0.25, 0.3) is 0 Å². The summed E-state index contributed by atoms with van der Waals surface area (Å²) in [6.07, 6.45) is 8.34. The summed E-state index contributed by atoms with van der Waals surface area (Å²) in [5, 5.41) is 0. The lowest BCUT2D eigenvalue weighted by atomic mass is 10.1. The van der Waals surface area contributed by atoms with Crippen LogP contribution in [-0.4, -0.2) is 21.1 Å². The number of hydrogen-bond acceptors (Lipinski definition) is 5. The van der Waals surface area contributed by atoms with Gasteiger partial charge in [-0.2, -0.15) is 0 Å². The van der Waals surface area contributed by atoms with Crippen LogP contribution >= 0.6 is 0 Å². The number of nitrogens with zero attached hydrogens (tertiary/aromatic N) is 5. The first-order valence-electron chi connectivity index (χ1n) is 7.30. The van der Waals surface area contributed by atoms with Gasteiger partial charge in [-0.25, -0.2) is 9.97 Å². The molecule has 0 aliphatic carbocycles. The summed E-state index contributed by atoms with van der Waals surface area (Å²) in [5.74, 6) is 0.974. The van der Waals surface area contributed by atoms with Gasteiger partial charge < -0.3 is 9.80 Å². The van der Waals surface area contributed by atoms with E-state index in [9.17, 15) is 0 Å². The summed E-state index contributed by atoms with van der Waals surface area (Å²) in [6.45, 7) is 0. The van der Waals surface area contributed by atoms with E-state index < -0.39 is 0 Å². The van der Waals surface area contributed by atoms with Crippen LogP contribution in [0.3, 0.4) is 0 Å². The van der Waals surface area contributed by atoms with Crippen LogP contribution in [-0.2, 0) is 6.42 Å². The fourth-order valence-electron chi connectivity index (χ4n) is 3.48. The van der Waals surface area contributed by atoms with Crippen LogP contribution in [0.15, 0.2) is 61.3 Å². The molecule has 0 spiro atoms. The number of para-hydroxylation sites is 1. The molecule has 5 rings (SSSR count). The lowest BCUT2D eigenvalue weighted by Crippen LogP contribution is -2.35. The number of hydrogen-bond donors (Lipinski definition) is 0. The molecular formula is C17H13N5. The lowest BCUT2D eigenvalue weighted by Gasteiger charge is -2.27. The molecule has 1 aromatic carbocycles. The molecule has 2 aliphatic rings. The minimum absolute atomic E-state index is 0.214. The van der Waals surface area contributed by atoms with E-state index in [0.717, 1.165) is 23.6 Å². The first-order chi connectivity index (χ1) is 10.9. The zero-order chi connectivity index (χ0) is 14.5. The second-order valence-corrected chi connectivity index (χ2v) is 5.49. The fourth-order valence-corrected chi connectivity index (χ4v) is 3.48. The monoisotopic (exact) mass is 287 g/mol. The van der Waals surface area contributed by atoms with Crippen molar-refractivity contribution < 1.29 is 0 Å². The Morgan fingerprint density at radius 2 is 1.77 bits per heavy atom. The Morgan fingerprint density at radius 3 is 2.68 bits per heavy atom. The van der Waals surface area contributed by atoms with E-state index in [2.05, 4.69) is 49.0 Å². The molecule has 0 bridgehead atoms. The summed E-state index contributed by atoms with van der Waals surface area (Å²) in [7, 11) is 0. The molecule has 106 valence electrons. The topological polar surface area (TPSA) is 45.2 Å². The predicted octanol–water partition coefficient (Wildman–Crippen LogP) is 3.04. The molecule has 0 saturated carbocycles. The van der Waals surface area contributed by atoms with Crippen LogP contribution in [0.25, 0.3) is 0 Å². The highest BCUT2D eigenvalue weighted by Crippen LogP contribution is 2.50. The van der Waals surface area contributed by atoms with Crippen molar-refractivity contribution in [3.63, 3.8) is 0 Å². The van der Waals surface area contributed by atoms with Gasteiger partial charge in [0.1, 0.15) is 18.2 Å². The molecule has 0 saturated heterocycles. The molecule has 0 fully saturated rings. The average Bonchev–Trinajstić information content (AvgIpc) is 3.10. The van der Waals surface area contributed by atoms with E-state index in [4.69, 9.17) is 0 Å². The maximum Gasteiger partial charge on any atom is 0.162 e. The molecular weight excluding hydrogens is 274 g/mol. The molecule has 4 heterocycles. The minimum Gasteiger partial charge on any atom is -0.315 e. The van der Waals surface area contributed by atoms with Crippen LogP contribution in [0, 0.1) is 0 Å². The first-order valence-corrected chi connectivity index (χ1v) is 7.30. The van der Waals surface area contributed by atoms with Crippen molar-refractivity contribution in [1.29, 1.82) is 0 Å². The standard InChI is InChI=1S/C17H13N5/c1-2-4-14-12(3-1)9-16-21(13-5-7-18-8-6-13)15-10-19-11-20-17(15)22(14)16/h1-8,10-11,16H,9H2. The summed E-state index contributed by atoms with van der Waals surface area (Å²) in [5.41, 5.74) is 4.76. The molecule has 5 nitrogen and oxygen atoms in total. The van der Waals surface area contributed by atoms with Gasteiger partial charge in [-0.3, -0.25) is 4.98 Å². The summed E-state index contributed by atoms with van der Waals surface area (Å²) >= 11 is 0. The number of aromatic nitrogens is 3. The fraction of sp³-hybridized carbons (Fsp3) is 0.118. The molecule has 2 aromatic heterocycles. The van der Waals surface area contributed by atoms with Crippen molar-refractivity contribution in [3.05, 3.63) is 66.9 Å². The summed E-state index contributed by atoms with van der Waals surface area (Å²) < 4.78 is 0. The smallest absolute Gasteiger partial charge is 0.162 e. The molecule has 5 heteroatoms. The van der Waals surface area contributed by atoms with Crippen molar-refractivity contribution in [2.24, 2.45) is 0 Å². The second kappa shape index (κ2) is 4.27. The van der Waals surface area contributed by atoms with Gasteiger partial charge in [-0.15, -0.1) is 0 Å². The predicted molar refractivity (Wildman–Crippen MR) is 84.5 cm³/mol. The lowest BCUT2D eigenvalue weighted by molar-refractivity contribution is 0.726. The maximum atomic E-state index is 4.53. The number of anilines is 4. The van der Waals surface area contributed by atoms with E-state index in [1.807, 2.05) is 30.7 Å². The van der Waals surface area contributed by atoms with Crippen LogP contribution in [0.5, 0.6) is 0 Å². The first kappa shape index (κ1) is 11.7. The number of rotatable bonds is 1. The van der Waals surface area contributed by atoms with Crippen molar-refractivity contribution in [2.75, 3.05) is 9.80 Å². The van der Waals surface area contributed by atoms with Crippen molar-refractivity contribution in [2.45, 2.75) is 12.6 Å². The molecule has 3 aromatic rings. The van der Waals surface area contributed by atoms with Gasteiger partial charge in [0, 0.05) is 30.2 Å². The Hall–Kier alpha value is -2.95. The second-order valence-electron chi connectivity index (χ2n) is 5.49. The third kappa shape index (κ3) is 1.45. The van der Waals surface area contributed by atoms with Gasteiger partial charge in [0.2, 0.25) is 0 Å². The molecule has 0 N–H and O–H groups in total. The number of fused-ring (bicyclic) bond motifs is 5. The maximum absolute atomic E-state index is 4.53. The highest BCUT2D eigenvalue weighted by molar-refractivity contribution is 5.88. The quantitative estimate of drug-likeness (QED) is 0.688. The van der Waals surface area contributed by atoms with E-state index in [1.54, 1.807) is 6.33 Å². The third-order valence-corrected chi connectivity index (χ3v) is 4.35. The van der Waals surface area contributed by atoms with Crippen molar-refractivity contribution in [3.8, 4) is 0 Å². The number of pyridine rings is 1. The van der Waals surface area contributed by atoms with Crippen LogP contribution in [0.2, 0.25) is 0 Å². The van der Waals surface area contributed by atoms with Crippen molar-refractivity contribution in [1.82, 2.24) is 15.0 Å². The third-order valence-electron chi connectivity index (χ3n) is 4.35. The van der Waals surface area contributed by atoms with Crippen LogP contribution in [0.1, 0.15) is 5.56 Å². The Labute approximate surface area is 127 Å². The molecule has 2 aliphatic heterocycles. The number of benzene rings is 1. The SMILES string of the molecule is c1ccc2c(c1)CC1N(c3ccncc3)c3cncnc3N21. The molecule has 22 heavy (non-hydrogen) atoms. The Kier molecular flexibility index (Phi) is 2.27. The van der Waals surface area contributed by atoms with Gasteiger partial charge in [-0.1, -0.05) is 18.2 Å². The molecule has 1 atom stereocenters. The van der Waals surface area contributed by atoms with Crippen molar-refractivity contribution >= 4 is 22.9 Å². The highest BCUT2D eigenvalue weighted by Gasteiger charge is 2.43. The van der Waals surface area contributed by atoms with Gasteiger partial charge >= 0.3 is 0 Å². The zero-order valence-corrected chi connectivity index (χ0v) is 11.8. The Morgan fingerprint density at radius 1 is 0.909 bits per heavy atom. The van der Waals surface area contributed by atoms with Gasteiger partial charge in [-0.05, 0) is 23.8 Å². The van der Waals surface area contributed by atoms with Gasteiger partial charge in [0.15, 0.2) is 5.82 Å². The molecule has 0 radical (unpaired) electrons. The zero-order valence-electron chi connectivity index (χ0n) is 11.8. The molecule has 1 unspecified atom stereocenters. The summed E-state index contributed by atoms with van der Waals surface area (Å²) in [4.78, 5) is 17.5.